The van der Waals surface area contributed by atoms with Crippen LogP contribution >= 0.6 is 0 Å². The number of nitrogens with two attached hydrogens (primary N) is 1. The summed E-state index contributed by atoms with van der Waals surface area (Å²) in [5.74, 6) is -2.35. The van der Waals surface area contributed by atoms with Crippen molar-refractivity contribution >= 4 is 17.6 Å². The van der Waals surface area contributed by atoms with Gasteiger partial charge in [0.2, 0.25) is 5.91 Å². The molecule has 0 aliphatic heterocycles. The molecule has 0 saturated heterocycles. The molecule has 0 aliphatic carbocycles. The van der Waals surface area contributed by atoms with Crippen LogP contribution in [0.3, 0.4) is 0 Å². The molecule has 1 aromatic rings. The fraction of sp³-hybridized carbons (Fsp3) is 0.385. The molecule has 21 heavy (non-hydrogen) atoms. The molecule has 0 radical (unpaired) electrons. The number of rotatable bonds is 6. The summed E-state index contributed by atoms with van der Waals surface area (Å²) in [7, 11) is 0. The van der Waals surface area contributed by atoms with Gasteiger partial charge in [-0.1, -0.05) is 12.1 Å². The van der Waals surface area contributed by atoms with Crippen LogP contribution in [0.5, 0.6) is 0 Å². The maximum Gasteiger partial charge on any atom is 0.406 e. The molecule has 8 heteroatoms. The third-order valence-corrected chi connectivity index (χ3v) is 2.63. The summed E-state index contributed by atoms with van der Waals surface area (Å²) in [6.07, 6.45) is -4.66. The van der Waals surface area contributed by atoms with Gasteiger partial charge in [-0.25, -0.2) is 0 Å². The van der Waals surface area contributed by atoms with Crippen molar-refractivity contribution in [3.05, 3.63) is 29.8 Å². The Morgan fingerprint density at radius 1 is 1.29 bits per heavy atom. The molecular formula is C13H15F3N2O3. The zero-order chi connectivity index (χ0) is 16.0. The lowest BCUT2D eigenvalue weighted by molar-refractivity contribution is -0.165. The van der Waals surface area contributed by atoms with Crippen LogP contribution in [0.2, 0.25) is 0 Å². The van der Waals surface area contributed by atoms with E-state index in [0.29, 0.717) is 11.3 Å². The van der Waals surface area contributed by atoms with Crippen molar-refractivity contribution in [2.24, 2.45) is 0 Å². The summed E-state index contributed by atoms with van der Waals surface area (Å²) >= 11 is 0. The van der Waals surface area contributed by atoms with Crippen LogP contribution in [0.4, 0.5) is 18.9 Å². The van der Waals surface area contributed by atoms with Gasteiger partial charge in [-0.15, -0.1) is 0 Å². The second-order valence-corrected chi connectivity index (χ2v) is 4.50. The van der Waals surface area contributed by atoms with E-state index in [2.05, 4.69) is 0 Å². The van der Waals surface area contributed by atoms with E-state index in [1.807, 2.05) is 0 Å². The molecule has 0 aromatic heterocycles. The third-order valence-electron chi connectivity index (χ3n) is 2.63. The van der Waals surface area contributed by atoms with Gasteiger partial charge in [-0.3, -0.25) is 9.59 Å². The number of carboxylic acids is 1. The zero-order valence-electron chi connectivity index (χ0n) is 11.1. The Morgan fingerprint density at radius 3 is 2.48 bits per heavy atom. The van der Waals surface area contributed by atoms with Crippen LogP contribution in [-0.4, -0.2) is 41.1 Å². The minimum Gasteiger partial charge on any atom is -0.480 e. The van der Waals surface area contributed by atoms with Crippen molar-refractivity contribution in [1.82, 2.24) is 4.90 Å². The van der Waals surface area contributed by atoms with Gasteiger partial charge < -0.3 is 15.7 Å². The first-order chi connectivity index (χ1) is 9.67. The normalized spacial score (nSPS) is 11.2. The second-order valence-electron chi connectivity index (χ2n) is 4.50. The van der Waals surface area contributed by atoms with Gasteiger partial charge in [-0.05, 0) is 24.1 Å². The van der Waals surface area contributed by atoms with E-state index in [1.54, 1.807) is 24.3 Å². The Hall–Kier alpha value is -2.25. The number of aryl methyl sites for hydroxylation is 1. The SMILES string of the molecule is Nc1cccc(CCC(=O)N(CC(=O)O)CC(F)(F)F)c1. The number of hydrogen-bond acceptors (Lipinski definition) is 3. The van der Waals surface area contributed by atoms with Crippen molar-refractivity contribution in [3.63, 3.8) is 0 Å². The first kappa shape index (κ1) is 16.8. The topological polar surface area (TPSA) is 83.6 Å². The predicted octanol–water partition coefficient (Wildman–Crippen LogP) is 1.68. The maximum atomic E-state index is 12.3. The van der Waals surface area contributed by atoms with E-state index in [0.717, 1.165) is 0 Å². The number of nitrogens with zero attached hydrogens (tertiary/aromatic N) is 1. The van der Waals surface area contributed by atoms with Crippen molar-refractivity contribution < 1.29 is 27.9 Å². The molecule has 0 aliphatic rings. The van der Waals surface area contributed by atoms with E-state index >= 15 is 0 Å². The molecule has 1 aromatic carbocycles. The van der Waals surface area contributed by atoms with Crippen molar-refractivity contribution in [2.75, 3.05) is 18.8 Å². The van der Waals surface area contributed by atoms with Gasteiger partial charge in [0.15, 0.2) is 0 Å². The number of carbonyl (C=O) groups excluding carboxylic acids is 1. The molecule has 1 amide bonds. The average Bonchev–Trinajstić information content (AvgIpc) is 2.33. The van der Waals surface area contributed by atoms with E-state index in [-0.39, 0.29) is 17.7 Å². The first-order valence-corrected chi connectivity index (χ1v) is 6.08. The number of alkyl halides is 3. The monoisotopic (exact) mass is 304 g/mol. The summed E-state index contributed by atoms with van der Waals surface area (Å²) in [5, 5.41) is 8.57. The fourth-order valence-corrected chi connectivity index (χ4v) is 1.77. The molecule has 0 spiro atoms. The first-order valence-electron chi connectivity index (χ1n) is 6.08. The van der Waals surface area contributed by atoms with Crippen LogP contribution in [0, 0.1) is 0 Å². The minimum atomic E-state index is -4.64. The molecule has 116 valence electrons. The predicted molar refractivity (Wildman–Crippen MR) is 69.4 cm³/mol. The summed E-state index contributed by atoms with van der Waals surface area (Å²) in [6, 6.07) is 6.61. The number of anilines is 1. The Labute approximate surface area is 119 Å². The van der Waals surface area contributed by atoms with Crippen LogP contribution in [0.1, 0.15) is 12.0 Å². The van der Waals surface area contributed by atoms with Gasteiger partial charge in [-0.2, -0.15) is 13.2 Å². The number of halogens is 3. The highest BCUT2D eigenvalue weighted by Gasteiger charge is 2.33. The van der Waals surface area contributed by atoms with Crippen molar-refractivity contribution in [1.29, 1.82) is 0 Å². The summed E-state index contributed by atoms with van der Waals surface area (Å²) in [6.45, 7) is -2.55. The summed E-state index contributed by atoms with van der Waals surface area (Å²) in [4.78, 5) is 22.6. The Balaban J connectivity index is 2.65. The molecule has 5 nitrogen and oxygen atoms in total. The van der Waals surface area contributed by atoms with E-state index in [9.17, 15) is 22.8 Å². The van der Waals surface area contributed by atoms with Crippen molar-refractivity contribution in [3.8, 4) is 0 Å². The molecule has 1 rings (SSSR count). The number of hydrogen-bond donors (Lipinski definition) is 2. The van der Waals surface area contributed by atoms with Crippen molar-refractivity contribution in [2.45, 2.75) is 19.0 Å². The average molecular weight is 304 g/mol. The molecule has 0 unspecified atom stereocenters. The lowest BCUT2D eigenvalue weighted by atomic mass is 10.1. The second kappa shape index (κ2) is 6.96. The number of nitrogen functional groups attached to an aromatic ring is 1. The van der Waals surface area contributed by atoms with Gasteiger partial charge in [0.25, 0.3) is 0 Å². The Morgan fingerprint density at radius 2 is 1.95 bits per heavy atom. The van der Waals surface area contributed by atoms with Crippen LogP contribution in [0.15, 0.2) is 24.3 Å². The number of benzene rings is 1. The lowest BCUT2D eigenvalue weighted by Crippen LogP contribution is -2.42. The fourth-order valence-electron chi connectivity index (χ4n) is 1.77. The minimum absolute atomic E-state index is 0.192. The number of amides is 1. The number of carbonyl (C=O) groups is 2. The third kappa shape index (κ3) is 6.64. The quantitative estimate of drug-likeness (QED) is 0.783. The van der Waals surface area contributed by atoms with Gasteiger partial charge in [0.1, 0.15) is 13.1 Å². The molecular weight excluding hydrogens is 289 g/mol. The Kier molecular flexibility index (Phi) is 5.57. The van der Waals surface area contributed by atoms with Gasteiger partial charge in [0, 0.05) is 12.1 Å². The van der Waals surface area contributed by atoms with E-state index in [1.165, 1.54) is 0 Å². The van der Waals surface area contributed by atoms with Gasteiger partial charge >= 0.3 is 12.1 Å². The van der Waals surface area contributed by atoms with Gasteiger partial charge in [0.05, 0.1) is 0 Å². The summed E-state index contributed by atoms with van der Waals surface area (Å²) < 4.78 is 37.0. The zero-order valence-corrected chi connectivity index (χ0v) is 11.1. The molecule has 0 atom stereocenters. The largest absolute Gasteiger partial charge is 0.480 e. The maximum absolute atomic E-state index is 12.3. The van der Waals surface area contributed by atoms with E-state index < -0.39 is 31.1 Å². The highest BCUT2D eigenvalue weighted by atomic mass is 19.4. The van der Waals surface area contributed by atoms with E-state index in [4.69, 9.17) is 10.8 Å². The Bertz CT molecular complexity index is 518. The molecule has 3 N–H and O–H groups in total. The molecule has 0 saturated carbocycles. The van der Waals surface area contributed by atoms with Crippen LogP contribution in [-0.2, 0) is 16.0 Å². The smallest absolute Gasteiger partial charge is 0.406 e. The molecule has 0 heterocycles. The standard InChI is InChI=1S/C13H15F3N2O3/c14-13(15,16)8-18(7-12(20)21)11(19)5-4-9-2-1-3-10(17)6-9/h1-3,6H,4-5,7-8,17H2,(H,20,21). The highest BCUT2D eigenvalue weighted by Crippen LogP contribution is 2.17. The van der Waals surface area contributed by atoms with Crippen LogP contribution in [0.25, 0.3) is 0 Å². The molecule has 0 fully saturated rings. The van der Waals surface area contributed by atoms with Crippen LogP contribution < -0.4 is 5.73 Å². The lowest BCUT2D eigenvalue weighted by Gasteiger charge is -2.22. The highest BCUT2D eigenvalue weighted by molar-refractivity contribution is 5.81. The molecule has 0 bridgehead atoms. The summed E-state index contributed by atoms with van der Waals surface area (Å²) in [5.41, 5.74) is 6.74. The number of aliphatic carboxylic acids is 1. The number of carboxylic acid groups (broad SMARTS) is 1.